The van der Waals surface area contributed by atoms with E-state index in [2.05, 4.69) is 17.2 Å². The summed E-state index contributed by atoms with van der Waals surface area (Å²) in [7, 11) is 0. The molecule has 0 aromatic heterocycles. The topological polar surface area (TPSA) is 67.4 Å². The van der Waals surface area contributed by atoms with E-state index in [1.807, 2.05) is 55.5 Å². The van der Waals surface area contributed by atoms with Crippen molar-refractivity contribution in [1.82, 2.24) is 5.32 Å². The van der Waals surface area contributed by atoms with Gasteiger partial charge in [0.15, 0.2) is 6.61 Å². The van der Waals surface area contributed by atoms with Gasteiger partial charge >= 0.3 is 0 Å². The molecule has 0 unspecified atom stereocenters. The molecular weight excluding hydrogens is 316 g/mol. The monoisotopic (exact) mass is 338 g/mol. The van der Waals surface area contributed by atoms with Crippen molar-refractivity contribution in [2.75, 3.05) is 18.5 Å². The Morgan fingerprint density at radius 1 is 1.08 bits per heavy atom. The fourth-order valence-corrected chi connectivity index (χ4v) is 2.14. The van der Waals surface area contributed by atoms with Crippen LogP contribution in [0.3, 0.4) is 0 Å². The lowest BCUT2D eigenvalue weighted by molar-refractivity contribution is -0.118. The molecule has 25 heavy (non-hydrogen) atoms. The SMILES string of the molecule is C=CC(=O)NCCc1ccc(OCC(=O)Nc2ccc(C)cc2)cc1. The van der Waals surface area contributed by atoms with Gasteiger partial charge in [-0.25, -0.2) is 0 Å². The van der Waals surface area contributed by atoms with Gasteiger partial charge in [0.1, 0.15) is 5.75 Å². The summed E-state index contributed by atoms with van der Waals surface area (Å²) in [5.41, 5.74) is 2.95. The highest BCUT2D eigenvalue weighted by molar-refractivity contribution is 5.91. The summed E-state index contributed by atoms with van der Waals surface area (Å²) in [5, 5.41) is 5.50. The summed E-state index contributed by atoms with van der Waals surface area (Å²) in [6.45, 7) is 5.89. The molecule has 2 rings (SSSR count). The zero-order valence-corrected chi connectivity index (χ0v) is 14.2. The molecule has 0 radical (unpaired) electrons. The van der Waals surface area contributed by atoms with Gasteiger partial charge in [0.25, 0.3) is 5.91 Å². The number of carbonyl (C=O) groups excluding carboxylic acids is 2. The third kappa shape index (κ3) is 6.51. The number of aryl methyl sites for hydroxylation is 1. The molecule has 0 aliphatic heterocycles. The van der Waals surface area contributed by atoms with Crippen molar-refractivity contribution in [3.8, 4) is 5.75 Å². The molecule has 2 aromatic carbocycles. The van der Waals surface area contributed by atoms with Crippen molar-refractivity contribution in [3.63, 3.8) is 0 Å². The molecule has 5 heteroatoms. The van der Waals surface area contributed by atoms with Crippen LogP contribution in [0.5, 0.6) is 5.75 Å². The molecule has 0 saturated carbocycles. The Morgan fingerprint density at radius 3 is 2.40 bits per heavy atom. The first kappa shape index (κ1) is 18.3. The maximum absolute atomic E-state index is 11.9. The highest BCUT2D eigenvalue weighted by atomic mass is 16.5. The standard InChI is InChI=1S/C20H22N2O3/c1-3-19(23)21-13-12-16-6-10-18(11-7-16)25-14-20(24)22-17-8-4-15(2)5-9-17/h3-11H,1,12-14H2,2H3,(H,21,23)(H,22,24). The fraction of sp³-hybridized carbons (Fsp3) is 0.200. The van der Waals surface area contributed by atoms with Gasteiger partial charge in [-0.1, -0.05) is 36.4 Å². The minimum absolute atomic E-state index is 0.0530. The van der Waals surface area contributed by atoms with Gasteiger partial charge < -0.3 is 15.4 Å². The Labute approximate surface area is 147 Å². The number of ether oxygens (including phenoxy) is 1. The molecule has 5 nitrogen and oxygen atoms in total. The number of rotatable bonds is 8. The van der Waals surface area contributed by atoms with Crippen molar-refractivity contribution >= 4 is 17.5 Å². The van der Waals surface area contributed by atoms with Crippen molar-refractivity contribution in [2.24, 2.45) is 0 Å². The third-order valence-electron chi connectivity index (χ3n) is 3.53. The molecule has 2 N–H and O–H groups in total. The highest BCUT2D eigenvalue weighted by Crippen LogP contribution is 2.13. The second kappa shape index (κ2) is 9.27. The van der Waals surface area contributed by atoms with E-state index in [0.717, 1.165) is 16.8 Å². The van der Waals surface area contributed by atoms with E-state index in [-0.39, 0.29) is 18.4 Å². The molecule has 0 bridgehead atoms. The second-order valence-electron chi connectivity index (χ2n) is 5.59. The van der Waals surface area contributed by atoms with Crippen molar-refractivity contribution in [2.45, 2.75) is 13.3 Å². The number of anilines is 1. The number of hydrogen-bond donors (Lipinski definition) is 2. The molecule has 0 aliphatic carbocycles. The fourth-order valence-electron chi connectivity index (χ4n) is 2.14. The number of hydrogen-bond acceptors (Lipinski definition) is 3. The van der Waals surface area contributed by atoms with E-state index in [0.29, 0.717) is 18.7 Å². The normalized spacial score (nSPS) is 9.96. The molecule has 0 saturated heterocycles. The van der Waals surface area contributed by atoms with Gasteiger partial charge in [0.05, 0.1) is 0 Å². The first-order valence-electron chi connectivity index (χ1n) is 8.05. The lowest BCUT2D eigenvalue weighted by Crippen LogP contribution is -2.23. The van der Waals surface area contributed by atoms with Crippen LogP contribution in [-0.2, 0) is 16.0 Å². The largest absolute Gasteiger partial charge is 0.484 e. The molecule has 0 fully saturated rings. The lowest BCUT2D eigenvalue weighted by Gasteiger charge is -2.09. The number of amides is 2. The van der Waals surface area contributed by atoms with E-state index < -0.39 is 0 Å². The zero-order valence-electron chi connectivity index (χ0n) is 14.2. The smallest absolute Gasteiger partial charge is 0.262 e. The van der Waals surface area contributed by atoms with Crippen LogP contribution in [0.15, 0.2) is 61.2 Å². The minimum Gasteiger partial charge on any atom is -0.484 e. The van der Waals surface area contributed by atoms with Gasteiger partial charge in [-0.3, -0.25) is 9.59 Å². The molecule has 130 valence electrons. The average molecular weight is 338 g/mol. The molecule has 2 aromatic rings. The molecule has 0 aliphatic rings. The predicted molar refractivity (Wildman–Crippen MR) is 98.7 cm³/mol. The van der Waals surface area contributed by atoms with Crippen molar-refractivity contribution < 1.29 is 14.3 Å². The van der Waals surface area contributed by atoms with Crippen LogP contribution in [0.25, 0.3) is 0 Å². The van der Waals surface area contributed by atoms with Crippen molar-refractivity contribution in [1.29, 1.82) is 0 Å². The molecule has 0 atom stereocenters. The van der Waals surface area contributed by atoms with Crippen LogP contribution in [0.4, 0.5) is 5.69 Å². The summed E-state index contributed by atoms with van der Waals surface area (Å²) >= 11 is 0. The molecular formula is C20H22N2O3. The van der Waals surface area contributed by atoms with Crippen LogP contribution < -0.4 is 15.4 Å². The van der Waals surface area contributed by atoms with Crippen LogP contribution in [-0.4, -0.2) is 25.0 Å². The third-order valence-corrected chi connectivity index (χ3v) is 3.53. The van der Waals surface area contributed by atoms with E-state index in [1.54, 1.807) is 0 Å². The van der Waals surface area contributed by atoms with Crippen molar-refractivity contribution in [3.05, 3.63) is 72.3 Å². The first-order valence-corrected chi connectivity index (χ1v) is 8.05. The highest BCUT2D eigenvalue weighted by Gasteiger charge is 2.04. The molecule has 0 spiro atoms. The van der Waals surface area contributed by atoms with Crippen LogP contribution in [0, 0.1) is 6.92 Å². The van der Waals surface area contributed by atoms with Gasteiger partial charge in [0.2, 0.25) is 5.91 Å². The minimum atomic E-state index is -0.208. The maximum atomic E-state index is 11.9. The number of nitrogens with one attached hydrogen (secondary N) is 2. The van der Waals surface area contributed by atoms with Crippen LogP contribution >= 0.6 is 0 Å². The second-order valence-corrected chi connectivity index (χ2v) is 5.59. The van der Waals surface area contributed by atoms with E-state index in [1.165, 1.54) is 6.08 Å². The summed E-state index contributed by atoms with van der Waals surface area (Å²) in [6.07, 6.45) is 1.96. The Morgan fingerprint density at radius 2 is 1.76 bits per heavy atom. The number of benzene rings is 2. The van der Waals surface area contributed by atoms with Gasteiger partial charge in [-0.2, -0.15) is 0 Å². The predicted octanol–water partition coefficient (Wildman–Crippen LogP) is 2.86. The van der Waals surface area contributed by atoms with E-state index >= 15 is 0 Å². The van der Waals surface area contributed by atoms with Gasteiger partial charge in [0, 0.05) is 12.2 Å². The Balaban J connectivity index is 1.75. The number of carbonyl (C=O) groups is 2. The summed E-state index contributed by atoms with van der Waals surface area (Å²) in [5.74, 6) is 0.234. The first-order chi connectivity index (χ1) is 12.1. The van der Waals surface area contributed by atoms with Gasteiger partial charge in [-0.15, -0.1) is 0 Å². The summed E-state index contributed by atoms with van der Waals surface area (Å²) in [6, 6.07) is 15.0. The van der Waals surface area contributed by atoms with E-state index in [9.17, 15) is 9.59 Å². The lowest BCUT2D eigenvalue weighted by atomic mass is 10.1. The Kier molecular flexibility index (Phi) is 6.77. The molecule has 0 heterocycles. The quantitative estimate of drug-likeness (QED) is 0.727. The maximum Gasteiger partial charge on any atom is 0.262 e. The van der Waals surface area contributed by atoms with Crippen LogP contribution in [0.1, 0.15) is 11.1 Å². The molecule has 2 amide bonds. The average Bonchev–Trinajstić information content (AvgIpc) is 2.63. The Bertz CT molecular complexity index is 722. The summed E-state index contributed by atoms with van der Waals surface area (Å²) < 4.78 is 5.48. The van der Waals surface area contributed by atoms with Crippen LogP contribution in [0.2, 0.25) is 0 Å². The summed E-state index contributed by atoms with van der Waals surface area (Å²) in [4.78, 5) is 23.0. The zero-order chi connectivity index (χ0) is 18.1. The van der Waals surface area contributed by atoms with Gasteiger partial charge in [-0.05, 0) is 49.2 Å². The van der Waals surface area contributed by atoms with E-state index in [4.69, 9.17) is 4.74 Å². The Hall–Kier alpha value is -3.08.